The van der Waals surface area contributed by atoms with E-state index in [1.165, 1.54) is 0 Å². The average molecular weight is 390 g/mol. The molecule has 0 aliphatic carbocycles. The second-order valence-corrected chi connectivity index (χ2v) is 5.82. The third-order valence-electron chi connectivity index (χ3n) is 3.00. The topological polar surface area (TPSA) is 47.1 Å². The second-order valence-electron chi connectivity index (χ2n) is 4.23. The Morgan fingerprint density at radius 2 is 2.05 bits per heavy atom. The normalized spacial score (nSPS) is 10.5. The molecule has 1 aromatic heterocycles. The van der Waals surface area contributed by atoms with Crippen molar-refractivity contribution in [1.29, 1.82) is 0 Å². The van der Waals surface area contributed by atoms with Gasteiger partial charge in [-0.15, -0.1) is 0 Å². The molecular weight excluding hydrogens is 376 g/mol. The summed E-state index contributed by atoms with van der Waals surface area (Å²) in [5.74, 6) is 1.68. The molecule has 1 aromatic carbocycles. The number of hydrogen-bond donors (Lipinski definition) is 1. The molecule has 0 aliphatic heterocycles. The van der Waals surface area contributed by atoms with Crippen molar-refractivity contribution in [1.82, 2.24) is 9.97 Å². The van der Waals surface area contributed by atoms with Gasteiger partial charge >= 0.3 is 0 Å². The molecule has 112 valence electrons. The van der Waals surface area contributed by atoms with E-state index in [-0.39, 0.29) is 0 Å². The summed E-state index contributed by atoms with van der Waals surface area (Å²) in [5.41, 5.74) is 1.77. The zero-order chi connectivity index (χ0) is 15.6. The Labute approximate surface area is 141 Å². The molecule has 0 bridgehead atoms. The van der Waals surface area contributed by atoms with Crippen LogP contribution in [0.4, 0.5) is 0 Å². The summed E-state index contributed by atoms with van der Waals surface area (Å²) >= 11 is 14.9. The molecule has 0 atom stereocenters. The van der Waals surface area contributed by atoms with Crippen LogP contribution in [0, 0.1) is 4.64 Å². The first-order valence-electron chi connectivity index (χ1n) is 6.22. The van der Waals surface area contributed by atoms with E-state index in [9.17, 15) is 0 Å². The smallest absolute Gasteiger partial charge is 0.179 e. The van der Waals surface area contributed by atoms with E-state index >= 15 is 0 Å². The van der Waals surface area contributed by atoms with Crippen molar-refractivity contribution in [3.8, 4) is 22.9 Å². The Kier molecular flexibility index (Phi) is 5.24. The second kappa shape index (κ2) is 6.77. The van der Waals surface area contributed by atoms with Gasteiger partial charge in [0, 0.05) is 11.3 Å². The lowest BCUT2D eigenvalue weighted by Crippen LogP contribution is -1.98. The van der Waals surface area contributed by atoms with Gasteiger partial charge in [0.2, 0.25) is 0 Å². The number of nitrogens with zero attached hydrogens (tertiary/aromatic N) is 1. The molecular formula is C14H14BrClN2O2S. The molecule has 0 saturated carbocycles. The van der Waals surface area contributed by atoms with Crippen LogP contribution >= 0.6 is 39.7 Å². The zero-order valence-corrected chi connectivity index (χ0v) is 14.9. The number of methoxy groups -OCH3 is 2. The maximum absolute atomic E-state index is 6.23. The lowest BCUT2D eigenvalue weighted by Gasteiger charge is -2.12. The molecule has 0 amide bonds. The summed E-state index contributed by atoms with van der Waals surface area (Å²) < 4.78 is 11.9. The number of H-pyrrole nitrogens is 1. The Morgan fingerprint density at radius 3 is 2.62 bits per heavy atom. The van der Waals surface area contributed by atoms with Crippen molar-refractivity contribution in [2.75, 3.05) is 14.2 Å². The van der Waals surface area contributed by atoms with Crippen LogP contribution in [-0.4, -0.2) is 24.2 Å². The first-order chi connectivity index (χ1) is 10.0. The molecule has 0 unspecified atom stereocenters. The van der Waals surface area contributed by atoms with Crippen molar-refractivity contribution in [3.05, 3.63) is 32.0 Å². The van der Waals surface area contributed by atoms with Gasteiger partial charge in [0.1, 0.15) is 10.5 Å². The Morgan fingerprint density at radius 1 is 1.33 bits per heavy atom. The van der Waals surface area contributed by atoms with Crippen LogP contribution in [0.2, 0.25) is 5.02 Å². The number of aryl methyl sites for hydroxylation is 1. The first kappa shape index (κ1) is 16.3. The minimum atomic E-state index is 0.453. The predicted molar refractivity (Wildman–Crippen MR) is 90.0 cm³/mol. The van der Waals surface area contributed by atoms with E-state index < -0.39 is 0 Å². The summed E-state index contributed by atoms with van der Waals surface area (Å²) in [6.07, 6.45) is 0.806. The molecule has 4 nitrogen and oxygen atoms in total. The first-order valence-corrected chi connectivity index (χ1v) is 7.80. The highest BCUT2D eigenvalue weighted by molar-refractivity contribution is 9.10. The Balaban J connectivity index is 2.65. The van der Waals surface area contributed by atoms with Crippen molar-refractivity contribution in [2.24, 2.45) is 0 Å². The third kappa shape index (κ3) is 3.22. The fraction of sp³-hybridized carbons (Fsp3) is 0.286. The predicted octanol–water partition coefficient (Wildman–Crippen LogP) is 4.80. The largest absolute Gasteiger partial charge is 0.493 e. The molecule has 2 aromatic rings. The summed E-state index contributed by atoms with van der Waals surface area (Å²) in [6, 6.07) is 3.58. The van der Waals surface area contributed by atoms with Crippen molar-refractivity contribution >= 4 is 39.7 Å². The molecule has 1 heterocycles. The monoisotopic (exact) mass is 388 g/mol. The minimum absolute atomic E-state index is 0.453. The third-order valence-corrected chi connectivity index (χ3v) is 4.69. The molecule has 0 aliphatic rings. The van der Waals surface area contributed by atoms with Crippen molar-refractivity contribution in [2.45, 2.75) is 13.3 Å². The lowest BCUT2D eigenvalue weighted by molar-refractivity contribution is 0.355. The van der Waals surface area contributed by atoms with E-state index in [0.717, 1.165) is 22.2 Å². The average Bonchev–Trinajstić information content (AvgIpc) is 2.48. The van der Waals surface area contributed by atoms with Crippen molar-refractivity contribution in [3.63, 3.8) is 0 Å². The lowest BCUT2D eigenvalue weighted by atomic mass is 10.1. The Hall–Kier alpha value is -1.11. The van der Waals surface area contributed by atoms with Gasteiger partial charge in [-0.05, 0) is 34.5 Å². The van der Waals surface area contributed by atoms with Gasteiger partial charge in [0.25, 0.3) is 0 Å². The number of ether oxygens (including phenoxy) is 2. The quantitative estimate of drug-likeness (QED) is 0.763. The fourth-order valence-corrected chi connectivity index (χ4v) is 2.91. The van der Waals surface area contributed by atoms with Crippen LogP contribution in [0.15, 0.2) is 16.6 Å². The zero-order valence-electron chi connectivity index (χ0n) is 11.8. The van der Waals surface area contributed by atoms with Gasteiger partial charge in [0.05, 0.1) is 23.7 Å². The number of halogens is 2. The molecule has 1 N–H and O–H groups in total. The highest BCUT2D eigenvalue weighted by Gasteiger charge is 2.14. The summed E-state index contributed by atoms with van der Waals surface area (Å²) in [7, 11) is 3.11. The highest BCUT2D eigenvalue weighted by atomic mass is 79.9. The van der Waals surface area contributed by atoms with Crippen LogP contribution in [0.3, 0.4) is 0 Å². The van der Waals surface area contributed by atoms with Gasteiger partial charge in [-0.2, -0.15) is 0 Å². The summed E-state index contributed by atoms with van der Waals surface area (Å²) in [6.45, 7) is 2.04. The molecule has 21 heavy (non-hydrogen) atoms. The minimum Gasteiger partial charge on any atom is -0.493 e. The van der Waals surface area contributed by atoms with Gasteiger partial charge < -0.3 is 14.5 Å². The highest BCUT2D eigenvalue weighted by Crippen LogP contribution is 2.38. The van der Waals surface area contributed by atoms with E-state index in [2.05, 4.69) is 25.9 Å². The van der Waals surface area contributed by atoms with Gasteiger partial charge in [-0.1, -0.05) is 30.7 Å². The molecule has 0 fully saturated rings. The van der Waals surface area contributed by atoms with E-state index in [1.54, 1.807) is 20.3 Å². The van der Waals surface area contributed by atoms with E-state index in [4.69, 9.17) is 33.3 Å². The van der Waals surface area contributed by atoms with Gasteiger partial charge in [0.15, 0.2) is 11.5 Å². The number of aromatic nitrogens is 2. The maximum Gasteiger partial charge on any atom is 0.179 e. The van der Waals surface area contributed by atoms with E-state index in [0.29, 0.717) is 27.0 Å². The maximum atomic E-state index is 6.23. The van der Waals surface area contributed by atoms with Crippen molar-refractivity contribution < 1.29 is 9.47 Å². The summed E-state index contributed by atoms with van der Waals surface area (Å²) in [5, 5.41) is 0.453. The molecule has 0 radical (unpaired) electrons. The Bertz CT molecular complexity index is 734. The van der Waals surface area contributed by atoms with Crippen LogP contribution in [0.1, 0.15) is 12.6 Å². The number of benzene rings is 1. The summed E-state index contributed by atoms with van der Waals surface area (Å²) in [4.78, 5) is 7.64. The van der Waals surface area contributed by atoms with Crippen LogP contribution in [0.5, 0.6) is 11.5 Å². The van der Waals surface area contributed by atoms with Crippen LogP contribution in [0.25, 0.3) is 11.4 Å². The van der Waals surface area contributed by atoms with Gasteiger partial charge in [-0.25, -0.2) is 4.98 Å². The number of rotatable bonds is 4. The standard InChI is InChI=1S/C14H14BrClN2O2S/c1-4-9-11(15)14(21)18-13(17-9)7-5-8(16)12(20-3)10(6-7)19-2/h5-6H,4H2,1-3H3,(H,17,18,21). The molecule has 0 saturated heterocycles. The fourth-order valence-electron chi connectivity index (χ4n) is 1.94. The van der Waals surface area contributed by atoms with Crippen LogP contribution < -0.4 is 9.47 Å². The molecule has 7 heteroatoms. The number of hydrogen-bond acceptors (Lipinski definition) is 4. The SMILES string of the molecule is CCc1[nH]c(-c2cc(Cl)c(OC)c(OC)c2)nc(=S)c1Br. The van der Waals surface area contributed by atoms with E-state index in [1.807, 2.05) is 13.0 Å². The molecule has 2 rings (SSSR count). The van der Waals surface area contributed by atoms with Crippen LogP contribution in [-0.2, 0) is 6.42 Å². The number of nitrogens with one attached hydrogen (secondary N) is 1. The van der Waals surface area contributed by atoms with Gasteiger partial charge in [-0.3, -0.25) is 0 Å². The molecule has 0 spiro atoms. The number of aromatic amines is 1.